The Morgan fingerprint density at radius 2 is 0.760 bits per heavy atom. The van der Waals surface area contributed by atoms with Crippen LogP contribution in [0.4, 0.5) is 0 Å². The van der Waals surface area contributed by atoms with Gasteiger partial charge in [0.05, 0.1) is 5.52 Å². The predicted octanol–water partition coefficient (Wildman–Crippen LogP) is 13.5. The third kappa shape index (κ3) is 4.67. The minimum Gasteiger partial charge on any atom is -0.256 e. The Kier molecular flexibility index (Phi) is 6.57. The first kappa shape index (κ1) is 28.4. The molecule has 9 aromatic carbocycles. The lowest BCUT2D eigenvalue weighted by Gasteiger charge is -2.20. The third-order valence-electron chi connectivity index (χ3n) is 10.2. The number of hydrogen-bond donors (Lipinski definition) is 0. The summed E-state index contributed by atoms with van der Waals surface area (Å²) >= 11 is 0. The molecule has 0 amide bonds. The van der Waals surface area contributed by atoms with E-state index < -0.39 is 0 Å². The van der Waals surface area contributed by atoms with Gasteiger partial charge in [0.25, 0.3) is 0 Å². The van der Waals surface area contributed by atoms with Crippen LogP contribution in [0.2, 0.25) is 0 Å². The molecule has 0 spiro atoms. The SMILES string of the molecule is c1ccc(-c2c3cc(-c4ccc5cc(-c6ccc7ccccc7c6)ccc5c4)ccc3c(-c3ccccc3)c3c2ccc2cccnc23)cc1. The normalized spacial score (nSPS) is 11.6. The molecule has 0 bridgehead atoms. The molecule has 1 heterocycles. The van der Waals surface area contributed by atoms with Gasteiger partial charge in [0.1, 0.15) is 0 Å². The van der Waals surface area contributed by atoms with Gasteiger partial charge in [-0.05, 0) is 113 Å². The summed E-state index contributed by atoms with van der Waals surface area (Å²) in [6.45, 7) is 0. The highest BCUT2D eigenvalue weighted by molar-refractivity contribution is 6.27. The van der Waals surface area contributed by atoms with E-state index in [1.165, 1.54) is 87.6 Å². The van der Waals surface area contributed by atoms with Gasteiger partial charge >= 0.3 is 0 Å². The molecule has 1 heteroatoms. The van der Waals surface area contributed by atoms with Crippen LogP contribution in [-0.2, 0) is 0 Å². The minimum atomic E-state index is 1.03. The monoisotopic (exact) mass is 633 g/mol. The van der Waals surface area contributed by atoms with Crippen molar-refractivity contribution in [1.29, 1.82) is 0 Å². The Balaban J connectivity index is 1.19. The van der Waals surface area contributed by atoms with Gasteiger partial charge in [-0.25, -0.2) is 0 Å². The van der Waals surface area contributed by atoms with E-state index in [2.05, 4.69) is 176 Å². The Hall–Kier alpha value is -6.57. The smallest absolute Gasteiger partial charge is 0.0786 e. The summed E-state index contributed by atoms with van der Waals surface area (Å²) in [6.07, 6.45) is 1.91. The first-order valence-corrected chi connectivity index (χ1v) is 17.2. The molecule has 0 fully saturated rings. The van der Waals surface area contributed by atoms with Gasteiger partial charge in [-0.1, -0.05) is 152 Å². The number of rotatable bonds is 4. The molecular formula is C49H31N. The molecule has 0 saturated carbocycles. The molecule has 10 aromatic rings. The standard InChI is InChI=1S/C49H31N/c1-3-11-33(12-4-1)46-44-26-23-35-16-9-27-50-49(35)48(44)47(34-13-5-2-6-14-34)43-25-24-42(31-45(43)46)41-22-21-39-29-38(19-20-40(39)30-41)37-18-17-32-10-7-8-15-36(32)28-37/h1-31H. The van der Waals surface area contributed by atoms with Crippen molar-refractivity contribution >= 4 is 54.0 Å². The Bertz CT molecular complexity index is 2910. The minimum absolute atomic E-state index is 1.03. The van der Waals surface area contributed by atoms with Gasteiger partial charge in [-0.3, -0.25) is 4.98 Å². The van der Waals surface area contributed by atoms with E-state index >= 15 is 0 Å². The summed E-state index contributed by atoms with van der Waals surface area (Å²) in [4.78, 5) is 4.97. The van der Waals surface area contributed by atoms with Gasteiger partial charge < -0.3 is 0 Å². The molecule has 10 rings (SSSR count). The topological polar surface area (TPSA) is 12.9 Å². The summed E-state index contributed by atoms with van der Waals surface area (Å²) in [6, 6.07) is 66.3. The van der Waals surface area contributed by atoms with E-state index in [4.69, 9.17) is 4.98 Å². The lowest BCUT2D eigenvalue weighted by molar-refractivity contribution is 1.43. The summed E-state index contributed by atoms with van der Waals surface area (Å²) < 4.78 is 0. The Labute approximate surface area is 290 Å². The van der Waals surface area contributed by atoms with Gasteiger partial charge in [-0.15, -0.1) is 0 Å². The van der Waals surface area contributed by atoms with E-state index in [1.54, 1.807) is 0 Å². The van der Waals surface area contributed by atoms with Gasteiger partial charge in [0.15, 0.2) is 0 Å². The number of aromatic nitrogens is 1. The molecule has 0 aliphatic carbocycles. The van der Waals surface area contributed by atoms with Crippen LogP contribution >= 0.6 is 0 Å². The maximum atomic E-state index is 4.97. The highest BCUT2D eigenvalue weighted by atomic mass is 14.6. The fraction of sp³-hybridized carbons (Fsp3) is 0. The lowest BCUT2D eigenvalue weighted by atomic mass is 9.84. The average Bonchev–Trinajstić information content (AvgIpc) is 3.19. The number of fused-ring (bicyclic) bond motifs is 6. The molecular weight excluding hydrogens is 603 g/mol. The summed E-state index contributed by atoms with van der Waals surface area (Å²) in [5.41, 5.74) is 10.8. The van der Waals surface area contributed by atoms with Crippen LogP contribution in [0.5, 0.6) is 0 Å². The first-order valence-electron chi connectivity index (χ1n) is 17.2. The van der Waals surface area contributed by atoms with Crippen molar-refractivity contribution < 1.29 is 0 Å². The van der Waals surface area contributed by atoms with E-state index in [1.807, 2.05) is 12.3 Å². The molecule has 0 N–H and O–H groups in total. The maximum absolute atomic E-state index is 4.97. The number of benzene rings is 9. The van der Waals surface area contributed by atoms with E-state index in [-0.39, 0.29) is 0 Å². The van der Waals surface area contributed by atoms with Crippen molar-refractivity contribution in [3.05, 3.63) is 188 Å². The van der Waals surface area contributed by atoms with Crippen molar-refractivity contribution in [1.82, 2.24) is 4.98 Å². The number of pyridine rings is 1. The highest BCUT2D eigenvalue weighted by Crippen LogP contribution is 2.46. The molecule has 0 radical (unpaired) electrons. The van der Waals surface area contributed by atoms with Crippen LogP contribution in [0.1, 0.15) is 0 Å². The molecule has 0 aliphatic rings. The second kappa shape index (κ2) is 11.5. The first-order chi connectivity index (χ1) is 24.8. The molecule has 1 nitrogen and oxygen atoms in total. The molecule has 50 heavy (non-hydrogen) atoms. The van der Waals surface area contributed by atoms with E-state index in [0.29, 0.717) is 0 Å². The van der Waals surface area contributed by atoms with Gasteiger partial charge in [0, 0.05) is 17.0 Å². The molecule has 232 valence electrons. The Morgan fingerprint density at radius 1 is 0.280 bits per heavy atom. The second-order valence-corrected chi connectivity index (χ2v) is 13.1. The van der Waals surface area contributed by atoms with Crippen LogP contribution < -0.4 is 0 Å². The highest BCUT2D eigenvalue weighted by Gasteiger charge is 2.20. The van der Waals surface area contributed by atoms with Crippen LogP contribution in [0, 0.1) is 0 Å². The summed E-state index contributed by atoms with van der Waals surface area (Å²) in [7, 11) is 0. The zero-order valence-electron chi connectivity index (χ0n) is 27.3. The molecule has 0 unspecified atom stereocenters. The lowest BCUT2D eigenvalue weighted by Crippen LogP contribution is -1.93. The fourth-order valence-corrected chi connectivity index (χ4v) is 7.83. The number of nitrogens with zero attached hydrogens (tertiary/aromatic N) is 1. The van der Waals surface area contributed by atoms with Crippen molar-refractivity contribution in [3.8, 4) is 44.5 Å². The zero-order chi connectivity index (χ0) is 33.0. The van der Waals surface area contributed by atoms with Crippen LogP contribution in [0.15, 0.2) is 188 Å². The summed E-state index contributed by atoms with van der Waals surface area (Å²) in [5, 5.41) is 11.0. The zero-order valence-corrected chi connectivity index (χ0v) is 27.3. The predicted molar refractivity (Wildman–Crippen MR) is 214 cm³/mol. The maximum Gasteiger partial charge on any atom is 0.0786 e. The summed E-state index contributed by atoms with van der Waals surface area (Å²) in [5.74, 6) is 0. The Morgan fingerprint density at radius 3 is 1.44 bits per heavy atom. The van der Waals surface area contributed by atoms with Crippen molar-refractivity contribution in [2.45, 2.75) is 0 Å². The van der Waals surface area contributed by atoms with Crippen LogP contribution in [0.3, 0.4) is 0 Å². The molecule has 0 atom stereocenters. The second-order valence-electron chi connectivity index (χ2n) is 13.1. The van der Waals surface area contributed by atoms with Crippen molar-refractivity contribution in [3.63, 3.8) is 0 Å². The average molecular weight is 634 g/mol. The van der Waals surface area contributed by atoms with Crippen molar-refractivity contribution in [2.75, 3.05) is 0 Å². The molecule has 1 aromatic heterocycles. The van der Waals surface area contributed by atoms with Gasteiger partial charge in [0.2, 0.25) is 0 Å². The van der Waals surface area contributed by atoms with E-state index in [0.717, 1.165) is 10.9 Å². The molecule has 0 aliphatic heterocycles. The largest absolute Gasteiger partial charge is 0.256 e. The van der Waals surface area contributed by atoms with E-state index in [9.17, 15) is 0 Å². The van der Waals surface area contributed by atoms with Crippen LogP contribution in [-0.4, -0.2) is 4.98 Å². The van der Waals surface area contributed by atoms with Crippen molar-refractivity contribution in [2.24, 2.45) is 0 Å². The molecule has 0 saturated heterocycles. The quantitative estimate of drug-likeness (QED) is 0.139. The van der Waals surface area contributed by atoms with Gasteiger partial charge in [-0.2, -0.15) is 0 Å². The van der Waals surface area contributed by atoms with Crippen LogP contribution in [0.25, 0.3) is 98.5 Å². The number of hydrogen-bond acceptors (Lipinski definition) is 1. The fourth-order valence-electron chi connectivity index (χ4n) is 7.83. The third-order valence-corrected chi connectivity index (χ3v) is 10.2.